The normalized spacial score (nSPS) is 10.2. The number of amides is 1. The van der Waals surface area contributed by atoms with Crippen LogP contribution in [0.5, 0.6) is 5.75 Å². The first-order valence-corrected chi connectivity index (χ1v) is 8.96. The number of rotatable bonds is 7. The van der Waals surface area contributed by atoms with Gasteiger partial charge in [0.1, 0.15) is 17.4 Å². The summed E-state index contributed by atoms with van der Waals surface area (Å²) in [6.45, 7) is 2.55. The lowest BCUT2D eigenvalue weighted by molar-refractivity contribution is 0.102. The van der Waals surface area contributed by atoms with Gasteiger partial charge in [0.15, 0.2) is 0 Å². The van der Waals surface area contributed by atoms with E-state index in [0.717, 1.165) is 17.3 Å². The highest BCUT2D eigenvalue weighted by atomic mass is 16.5. The van der Waals surface area contributed by atoms with Crippen LogP contribution in [0.25, 0.3) is 0 Å². The molecular weight excluding hydrogens is 354 g/mol. The Morgan fingerprint density at radius 2 is 1.79 bits per heavy atom. The molecule has 0 aliphatic carbocycles. The van der Waals surface area contributed by atoms with E-state index >= 15 is 0 Å². The fourth-order valence-electron chi connectivity index (χ4n) is 2.55. The molecule has 144 valence electrons. The van der Waals surface area contributed by atoms with Crippen molar-refractivity contribution in [2.75, 3.05) is 36.2 Å². The number of nitrogens with zero attached hydrogens (tertiary/aromatic N) is 3. The molecule has 0 spiro atoms. The summed E-state index contributed by atoms with van der Waals surface area (Å²) in [5.41, 5.74) is 1.87. The summed E-state index contributed by atoms with van der Waals surface area (Å²) in [5.74, 6) is 1.82. The van der Waals surface area contributed by atoms with Gasteiger partial charge >= 0.3 is 0 Å². The van der Waals surface area contributed by atoms with Crippen molar-refractivity contribution in [2.24, 2.45) is 0 Å². The summed E-state index contributed by atoms with van der Waals surface area (Å²) in [6.07, 6.45) is 3.27. The fourth-order valence-corrected chi connectivity index (χ4v) is 2.55. The highest BCUT2D eigenvalue weighted by Gasteiger charge is 2.13. The van der Waals surface area contributed by atoms with Gasteiger partial charge in [0.05, 0.1) is 24.1 Å². The van der Waals surface area contributed by atoms with Crippen LogP contribution >= 0.6 is 0 Å². The lowest BCUT2D eigenvalue weighted by Gasteiger charge is -2.13. The minimum Gasteiger partial charge on any atom is -0.494 e. The molecule has 0 unspecified atom stereocenters. The van der Waals surface area contributed by atoms with E-state index in [0.29, 0.717) is 23.7 Å². The number of anilines is 4. The maximum absolute atomic E-state index is 12.7. The smallest absolute Gasteiger partial charge is 0.259 e. The maximum Gasteiger partial charge on any atom is 0.259 e. The molecule has 0 fully saturated rings. The third-order valence-electron chi connectivity index (χ3n) is 3.94. The fraction of sp³-hybridized carbons (Fsp3) is 0.190. The van der Waals surface area contributed by atoms with E-state index in [2.05, 4.69) is 20.6 Å². The van der Waals surface area contributed by atoms with E-state index in [4.69, 9.17) is 4.74 Å². The van der Waals surface area contributed by atoms with Crippen LogP contribution < -0.4 is 20.3 Å². The molecule has 2 N–H and O–H groups in total. The van der Waals surface area contributed by atoms with E-state index in [1.54, 1.807) is 24.5 Å². The monoisotopic (exact) mass is 377 g/mol. The summed E-state index contributed by atoms with van der Waals surface area (Å²) in [6, 6.07) is 14.6. The van der Waals surface area contributed by atoms with Crippen molar-refractivity contribution in [3.63, 3.8) is 0 Å². The number of aromatic nitrogens is 2. The molecule has 2 aromatic heterocycles. The van der Waals surface area contributed by atoms with Crippen LogP contribution in [0, 0.1) is 0 Å². The molecule has 7 heteroatoms. The Balaban J connectivity index is 1.74. The zero-order valence-corrected chi connectivity index (χ0v) is 16.1. The van der Waals surface area contributed by atoms with Crippen LogP contribution in [-0.2, 0) is 0 Å². The summed E-state index contributed by atoms with van der Waals surface area (Å²) < 4.78 is 5.45. The van der Waals surface area contributed by atoms with Gasteiger partial charge in [0.2, 0.25) is 0 Å². The van der Waals surface area contributed by atoms with Crippen molar-refractivity contribution in [1.82, 2.24) is 9.97 Å². The van der Waals surface area contributed by atoms with E-state index < -0.39 is 0 Å². The molecule has 0 atom stereocenters. The third-order valence-corrected chi connectivity index (χ3v) is 3.94. The lowest BCUT2D eigenvalue weighted by Crippen LogP contribution is -2.15. The van der Waals surface area contributed by atoms with Crippen molar-refractivity contribution in [1.29, 1.82) is 0 Å². The van der Waals surface area contributed by atoms with Crippen LogP contribution in [0.1, 0.15) is 17.3 Å². The molecule has 0 saturated heterocycles. The molecule has 0 aliphatic heterocycles. The molecule has 28 heavy (non-hydrogen) atoms. The van der Waals surface area contributed by atoms with Gasteiger partial charge in [-0.25, -0.2) is 9.97 Å². The van der Waals surface area contributed by atoms with Gasteiger partial charge in [0.25, 0.3) is 5.91 Å². The molecule has 3 aromatic rings. The average molecular weight is 377 g/mol. The Hall–Kier alpha value is -3.61. The molecular formula is C21H23N5O2. The first-order chi connectivity index (χ1) is 13.6. The van der Waals surface area contributed by atoms with Gasteiger partial charge in [-0.15, -0.1) is 0 Å². The minimum absolute atomic E-state index is 0.263. The minimum atomic E-state index is -0.263. The number of ether oxygens (including phenoxy) is 1. The molecule has 0 aliphatic rings. The van der Waals surface area contributed by atoms with Crippen molar-refractivity contribution in [3.05, 3.63) is 66.5 Å². The molecule has 2 heterocycles. The largest absolute Gasteiger partial charge is 0.494 e. The Morgan fingerprint density at radius 1 is 1.04 bits per heavy atom. The zero-order valence-electron chi connectivity index (χ0n) is 16.1. The summed E-state index contributed by atoms with van der Waals surface area (Å²) in [5, 5.41) is 6.04. The standard InChI is InChI=1S/C21H23N5O2/c1-4-28-17-10-7-15(8-11-17)24-20-18(6-5-13-22-20)21(27)25-16-9-12-19(23-14-16)26(2)3/h5-14H,4H2,1-3H3,(H,22,24)(H,25,27). The number of hydrogen-bond acceptors (Lipinski definition) is 6. The molecule has 1 amide bonds. The highest BCUT2D eigenvalue weighted by molar-refractivity contribution is 6.07. The number of benzene rings is 1. The molecule has 1 aromatic carbocycles. The van der Waals surface area contributed by atoms with Gasteiger partial charge in [-0.1, -0.05) is 0 Å². The Morgan fingerprint density at radius 3 is 2.43 bits per heavy atom. The Kier molecular flexibility index (Phi) is 6.06. The second-order valence-electron chi connectivity index (χ2n) is 6.24. The Bertz CT molecular complexity index is 924. The van der Waals surface area contributed by atoms with Crippen LogP contribution in [0.3, 0.4) is 0 Å². The van der Waals surface area contributed by atoms with Crippen molar-refractivity contribution in [3.8, 4) is 5.75 Å². The van der Waals surface area contributed by atoms with E-state index in [1.807, 2.05) is 62.3 Å². The summed E-state index contributed by atoms with van der Waals surface area (Å²) in [7, 11) is 3.82. The quantitative estimate of drug-likeness (QED) is 0.649. The van der Waals surface area contributed by atoms with Gasteiger partial charge in [-0.3, -0.25) is 4.79 Å². The third kappa shape index (κ3) is 4.76. The van der Waals surface area contributed by atoms with Gasteiger partial charge in [0, 0.05) is 26.0 Å². The van der Waals surface area contributed by atoms with Crippen LogP contribution in [0.4, 0.5) is 23.0 Å². The Labute approximate surface area is 164 Å². The topological polar surface area (TPSA) is 79.4 Å². The number of carbonyl (C=O) groups is 1. The lowest BCUT2D eigenvalue weighted by atomic mass is 10.2. The van der Waals surface area contributed by atoms with Crippen LogP contribution in [0.15, 0.2) is 60.9 Å². The van der Waals surface area contributed by atoms with Crippen molar-refractivity contribution >= 4 is 28.9 Å². The van der Waals surface area contributed by atoms with Gasteiger partial charge < -0.3 is 20.3 Å². The second-order valence-corrected chi connectivity index (χ2v) is 6.24. The average Bonchev–Trinajstić information content (AvgIpc) is 2.70. The first kappa shape index (κ1) is 19.2. The molecule has 0 bridgehead atoms. The number of carbonyl (C=O) groups excluding carboxylic acids is 1. The van der Waals surface area contributed by atoms with E-state index in [-0.39, 0.29) is 5.91 Å². The predicted octanol–water partition coefficient (Wildman–Crippen LogP) is 3.94. The van der Waals surface area contributed by atoms with Crippen molar-refractivity contribution < 1.29 is 9.53 Å². The van der Waals surface area contributed by atoms with Gasteiger partial charge in [-0.05, 0) is 55.5 Å². The molecule has 3 rings (SSSR count). The van der Waals surface area contributed by atoms with Crippen molar-refractivity contribution in [2.45, 2.75) is 6.92 Å². The molecule has 7 nitrogen and oxygen atoms in total. The summed E-state index contributed by atoms with van der Waals surface area (Å²) >= 11 is 0. The van der Waals surface area contributed by atoms with Crippen LogP contribution in [-0.4, -0.2) is 36.6 Å². The second kappa shape index (κ2) is 8.85. The number of pyridine rings is 2. The highest BCUT2D eigenvalue weighted by Crippen LogP contribution is 2.22. The van der Waals surface area contributed by atoms with Gasteiger partial charge in [-0.2, -0.15) is 0 Å². The summed E-state index contributed by atoms with van der Waals surface area (Å²) in [4.78, 5) is 23.2. The van der Waals surface area contributed by atoms with E-state index in [9.17, 15) is 4.79 Å². The zero-order chi connectivity index (χ0) is 19.9. The SMILES string of the molecule is CCOc1ccc(Nc2ncccc2C(=O)Nc2ccc(N(C)C)nc2)cc1. The predicted molar refractivity (Wildman–Crippen MR) is 112 cm³/mol. The molecule has 0 radical (unpaired) electrons. The maximum atomic E-state index is 12.7. The first-order valence-electron chi connectivity index (χ1n) is 8.96. The number of hydrogen-bond donors (Lipinski definition) is 2. The molecule has 0 saturated carbocycles. The van der Waals surface area contributed by atoms with E-state index in [1.165, 1.54) is 0 Å². The van der Waals surface area contributed by atoms with Crippen LogP contribution in [0.2, 0.25) is 0 Å². The number of nitrogens with one attached hydrogen (secondary N) is 2.